The SMILES string of the molecule is CCNC(=NCCc1ccc2c(c1)OCO2)NC1CCc2nc(COC)nn2C1.I. The molecule has 0 fully saturated rings. The van der Waals surface area contributed by atoms with Gasteiger partial charge in [0, 0.05) is 32.7 Å². The Bertz CT molecular complexity index is 872. The first kappa shape index (κ1) is 22.6. The molecular formula is C20H29IN6O3. The normalized spacial score (nSPS) is 17.3. The number of fused-ring (bicyclic) bond motifs is 2. The molecule has 10 heteroatoms. The van der Waals surface area contributed by atoms with E-state index in [0.717, 1.165) is 61.5 Å². The predicted octanol–water partition coefficient (Wildman–Crippen LogP) is 1.88. The first-order chi connectivity index (χ1) is 14.2. The van der Waals surface area contributed by atoms with E-state index in [1.165, 1.54) is 5.56 Å². The van der Waals surface area contributed by atoms with Crippen LogP contribution in [-0.2, 0) is 30.7 Å². The number of aryl methyl sites for hydroxylation is 1. The van der Waals surface area contributed by atoms with Gasteiger partial charge in [-0.2, -0.15) is 5.10 Å². The molecule has 2 aromatic rings. The van der Waals surface area contributed by atoms with Gasteiger partial charge in [0.15, 0.2) is 23.3 Å². The summed E-state index contributed by atoms with van der Waals surface area (Å²) < 4.78 is 17.9. The van der Waals surface area contributed by atoms with Gasteiger partial charge in [0.25, 0.3) is 0 Å². The van der Waals surface area contributed by atoms with Crippen LogP contribution in [0.1, 0.15) is 30.6 Å². The first-order valence-electron chi connectivity index (χ1n) is 10.1. The van der Waals surface area contributed by atoms with Crippen LogP contribution < -0.4 is 20.1 Å². The second-order valence-corrected chi connectivity index (χ2v) is 7.14. The number of nitrogens with one attached hydrogen (secondary N) is 2. The minimum atomic E-state index is 0. The fraction of sp³-hybridized carbons (Fsp3) is 0.550. The lowest BCUT2D eigenvalue weighted by molar-refractivity contribution is 0.174. The van der Waals surface area contributed by atoms with Crippen molar-refractivity contribution in [2.24, 2.45) is 4.99 Å². The quantitative estimate of drug-likeness (QED) is 0.322. The third kappa shape index (κ3) is 5.54. The van der Waals surface area contributed by atoms with E-state index < -0.39 is 0 Å². The number of aromatic nitrogens is 3. The Morgan fingerprint density at radius 3 is 3.03 bits per heavy atom. The summed E-state index contributed by atoms with van der Waals surface area (Å²) in [5, 5.41) is 11.4. The minimum Gasteiger partial charge on any atom is -0.454 e. The number of aliphatic imine (C=N–C) groups is 1. The van der Waals surface area contributed by atoms with E-state index in [0.29, 0.717) is 19.9 Å². The van der Waals surface area contributed by atoms with Crippen molar-refractivity contribution in [2.75, 3.05) is 27.0 Å². The summed E-state index contributed by atoms with van der Waals surface area (Å²) in [6, 6.07) is 6.32. The van der Waals surface area contributed by atoms with Crippen LogP contribution in [-0.4, -0.2) is 53.8 Å². The molecule has 1 atom stereocenters. The molecule has 3 heterocycles. The van der Waals surface area contributed by atoms with Gasteiger partial charge in [-0.05, 0) is 37.5 Å². The zero-order valence-corrected chi connectivity index (χ0v) is 19.7. The van der Waals surface area contributed by atoms with Crippen molar-refractivity contribution in [2.45, 2.75) is 45.4 Å². The second kappa shape index (κ2) is 10.8. The molecule has 2 aliphatic heterocycles. The summed E-state index contributed by atoms with van der Waals surface area (Å²) in [6.07, 6.45) is 2.73. The number of nitrogens with zero attached hydrogens (tertiary/aromatic N) is 4. The molecule has 1 aromatic carbocycles. The van der Waals surface area contributed by atoms with Crippen molar-refractivity contribution in [1.29, 1.82) is 0 Å². The number of methoxy groups -OCH3 is 1. The average molecular weight is 528 g/mol. The number of halogens is 1. The van der Waals surface area contributed by atoms with E-state index in [4.69, 9.17) is 19.2 Å². The Labute approximate surface area is 193 Å². The highest BCUT2D eigenvalue weighted by Gasteiger charge is 2.22. The number of guanidine groups is 1. The molecule has 0 saturated carbocycles. The van der Waals surface area contributed by atoms with E-state index in [2.05, 4.69) is 33.7 Å². The maximum atomic E-state index is 5.45. The predicted molar refractivity (Wildman–Crippen MR) is 124 cm³/mol. The van der Waals surface area contributed by atoms with E-state index in [-0.39, 0.29) is 30.0 Å². The molecule has 164 valence electrons. The van der Waals surface area contributed by atoms with Crippen molar-refractivity contribution < 1.29 is 14.2 Å². The molecule has 0 spiro atoms. The lowest BCUT2D eigenvalue weighted by atomic mass is 10.1. The summed E-state index contributed by atoms with van der Waals surface area (Å²) in [7, 11) is 1.66. The molecule has 0 amide bonds. The summed E-state index contributed by atoms with van der Waals surface area (Å²) in [6.45, 7) is 5.10. The van der Waals surface area contributed by atoms with Gasteiger partial charge in [-0.15, -0.1) is 24.0 Å². The van der Waals surface area contributed by atoms with E-state index >= 15 is 0 Å². The third-order valence-corrected chi connectivity index (χ3v) is 4.97. The molecular weight excluding hydrogens is 499 g/mol. The fourth-order valence-electron chi connectivity index (χ4n) is 3.58. The number of ether oxygens (including phenoxy) is 3. The maximum absolute atomic E-state index is 5.45. The molecule has 0 bridgehead atoms. The molecule has 4 rings (SSSR count). The largest absolute Gasteiger partial charge is 0.454 e. The molecule has 1 aromatic heterocycles. The number of hydrogen-bond acceptors (Lipinski definition) is 6. The molecule has 1 unspecified atom stereocenters. The van der Waals surface area contributed by atoms with Crippen molar-refractivity contribution in [1.82, 2.24) is 25.4 Å². The van der Waals surface area contributed by atoms with Gasteiger partial charge in [-0.1, -0.05) is 6.07 Å². The highest BCUT2D eigenvalue weighted by Crippen LogP contribution is 2.32. The maximum Gasteiger partial charge on any atom is 0.231 e. The molecule has 2 N–H and O–H groups in total. The van der Waals surface area contributed by atoms with Gasteiger partial charge in [-0.25, -0.2) is 9.67 Å². The van der Waals surface area contributed by atoms with Gasteiger partial charge < -0.3 is 24.8 Å². The van der Waals surface area contributed by atoms with Gasteiger partial charge in [0.1, 0.15) is 12.4 Å². The van der Waals surface area contributed by atoms with Crippen LogP contribution in [0.15, 0.2) is 23.2 Å². The van der Waals surface area contributed by atoms with E-state index in [9.17, 15) is 0 Å². The molecule has 0 saturated heterocycles. The number of rotatable bonds is 7. The Hall–Kier alpha value is -2.08. The standard InChI is InChI=1S/C20H28N6O3.HI/c1-3-21-20(22-9-8-14-4-6-16-17(10-14)29-13-28-16)23-15-5-7-19-24-18(12-27-2)25-26(19)11-15;/h4,6,10,15H,3,5,7-9,11-13H2,1-2H3,(H2,21,22,23);1H. The smallest absolute Gasteiger partial charge is 0.231 e. The lowest BCUT2D eigenvalue weighted by Gasteiger charge is -2.25. The Morgan fingerprint density at radius 2 is 2.20 bits per heavy atom. The zero-order valence-electron chi connectivity index (χ0n) is 17.4. The molecule has 2 aliphatic rings. The molecule has 0 aliphatic carbocycles. The van der Waals surface area contributed by atoms with Crippen LogP contribution >= 0.6 is 24.0 Å². The summed E-state index contributed by atoms with van der Waals surface area (Å²) in [5.74, 6) is 4.23. The van der Waals surface area contributed by atoms with Crippen molar-refractivity contribution >= 4 is 29.9 Å². The molecule has 30 heavy (non-hydrogen) atoms. The summed E-state index contributed by atoms with van der Waals surface area (Å²) >= 11 is 0. The van der Waals surface area contributed by atoms with E-state index in [1.807, 2.05) is 16.8 Å². The lowest BCUT2D eigenvalue weighted by Crippen LogP contribution is -2.47. The summed E-state index contributed by atoms with van der Waals surface area (Å²) in [4.78, 5) is 9.28. The monoisotopic (exact) mass is 528 g/mol. The first-order valence-corrected chi connectivity index (χ1v) is 10.1. The van der Waals surface area contributed by atoms with Crippen LogP contribution in [0.5, 0.6) is 11.5 Å². The fourth-order valence-corrected chi connectivity index (χ4v) is 3.58. The molecule has 9 nitrogen and oxygen atoms in total. The number of benzene rings is 1. The van der Waals surface area contributed by atoms with Gasteiger partial charge in [0.2, 0.25) is 6.79 Å². The molecule has 0 radical (unpaired) electrons. The number of hydrogen-bond donors (Lipinski definition) is 2. The Kier molecular flexibility index (Phi) is 8.14. The van der Waals surface area contributed by atoms with Crippen LogP contribution in [0.4, 0.5) is 0 Å². The Morgan fingerprint density at radius 1 is 1.33 bits per heavy atom. The van der Waals surface area contributed by atoms with Gasteiger partial charge >= 0.3 is 0 Å². The van der Waals surface area contributed by atoms with E-state index in [1.54, 1.807) is 7.11 Å². The van der Waals surface area contributed by atoms with Gasteiger partial charge in [0.05, 0.1) is 6.54 Å². The highest BCUT2D eigenvalue weighted by molar-refractivity contribution is 14.0. The van der Waals surface area contributed by atoms with Crippen LogP contribution in [0.3, 0.4) is 0 Å². The topological polar surface area (TPSA) is 94.8 Å². The van der Waals surface area contributed by atoms with Crippen LogP contribution in [0.2, 0.25) is 0 Å². The highest BCUT2D eigenvalue weighted by atomic mass is 127. The van der Waals surface area contributed by atoms with Crippen molar-refractivity contribution in [3.8, 4) is 11.5 Å². The van der Waals surface area contributed by atoms with Crippen LogP contribution in [0, 0.1) is 0 Å². The summed E-state index contributed by atoms with van der Waals surface area (Å²) in [5.41, 5.74) is 1.18. The van der Waals surface area contributed by atoms with Crippen molar-refractivity contribution in [3.63, 3.8) is 0 Å². The average Bonchev–Trinajstić information content (AvgIpc) is 3.34. The van der Waals surface area contributed by atoms with Crippen LogP contribution in [0.25, 0.3) is 0 Å². The minimum absolute atomic E-state index is 0. The third-order valence-electron chi connectivity index (χ3n) is 4.97. The Balaban J connectivity index is 0.00000256. The van der Waals surface area contributed by atoms with Gasteiger partial charge in [-0.3, -0.25) is 4.99 Å². The van der Waals surface area contributed by atoms with Crippen molar-refractivity contribution in [3.05, 3.63) is 35.4 Å². The zero-order chi connectivity index (χ0) is 20.1. The second-order valence-electron chi connectivity index (χ2n) is 7.14.